The van der Waals surface area contributed by atoms with E-state index in [1.54, 1.807) is 30.3 Å². The highest BCUT2D eigenvalue weighted by Crippen LogP contribution is 2.44. The zero-order valence-electron chi connectivity index (χ0n) is 23.7. The number of carbonyl (C=O) groups is 5. The first-order chi connectivity index (χ1) is 20.6. The molecule has 0 heterocycles. The maximum absolute atomic E-state index is 13.6. The van der Waals surface area contributed by atoms with Gasteiger partial charge in [-0.15, -0.1) is 0 Å². The van der Waals surface area contributed by atoms with Gasteiger partial charge in [0.15, 0.2) is 0 Å². The molecule has 0 aromatic heterocycles. The van der Waals surface area contributed by atoms with Crippen molar-refractivity contribution in [3.63, 3.8) is 0 Å². The van der Waals surface area contributed by atoms with E-state index in [9.17, 15) is 34.2 Å². The maximum Gasteiger partial charge on any atom is 0.407 e. The van der Waals surface area contributed by atoms with Crippen LogP contribution in [-0.2, 0) is 30.3 Å². The van der Waals surface area contributed by atoms with Crippen LogP contribution < -0.4 is 10.6 Å². The molecule has 3 aromatic rings. The Kier molecular flexibility index (Phi) is 9.76. The fourth-order valence-electron chi connectivity index (χ4n) is 5.17. The lowest BCUT2D eigenvalue weighted by atomic mass is 9.98. The highest BCUT2D eigenvalue weighted by Gasteiger charge is 2.35. The molecule has 3 aromatic carbocycles. The third kappa shape index (κ3) is 7.37. The summed E-state index contributed by atoms with van der Waals surface area (Å²) < 4.78 is 5.51. The summed E-state index contributed by atoms with van der Waals surface area (Å²) in [5.41, 5.74) is 4.73. The molecule has 11 heteroatoms. The van der Waals surface area contributed by atoms with Gasteiger partial charge in [-0.3, -0.25) is 19.2 Å². The Labute approximate surface area is 248 Å². The number of hydrogen-bond donors (Lipinski definition) is 4. The Hall–Kier alpha value is -5.19. The smallest absolute Gasteiger partial charge is 0.407 e. The van der Waals surface area contributed by atoms with Crippen LogP contribution in [0, 0.1) is 0 Å². The van der Waals surface area contributed by atoms with Gasteiger partial charge in [-0.2, -0.15) is 0 Å². The number of nitrogens with one attached hydrogen (secondary N) is 2. The molecule has 1 aliphatic rings. The molecule has 3 atom stereocenters. The summed E-state index contributed by atoms with van der Waals surface area (Å²) in [4.78, 5) is 63.6. The van der Waals surface area contributed by atoms with E-state index in [0.717, 1.165) is 27.2 Å². The SMILES string of the molecule is C[C@H](NC(=O)[C@H](Cc1ccccc1)N(C)C(=O)[C@H](CC(=O)O)NC(=O)OCC1c2ccccc2-c2ccccc21)C(=O)O. The average molecular weight is 588 g/mol. The molecule has 0 fully saturated rings. The van der Waals surface area contributed by atoms with Gasteiger partial charge in [-0.1, -0.05) is 78.9 Å². The van der Waals surface area contributed by atoms with Crippen molar-refractivity contribution in [3.05, 3.63) is 95.6 Å². The first-order valence-electron chi connectivity index (χ1n) is 13.7. The van der Waals surface area contributed by atoms with Crippen LogP contribution in [0.25, 0.3) is 11.1 Å². The lowest BCUT2D eigenvalue weighted by molar-refractivity contribution is -0.146. The predicted molar refractivity (Wildman–Crippen MR) is 156 cm³/mol. The number of carboxylic acid groups (broad SMARTS) is 2. The Morgan fingerprint density at radius 2 is 1.40 bits per heavy atom. The number of rotatable bonds is 12. The van der Waals surface area contributed by atoms with Gasteiger partial charge in [-0.05, 0) is 34.7 Å². The first kappa shape index (κ1) is 30.8. The number of fused-ring (bicyclic) bond motifs is 3. The third-order valence-electron chi connectivity index (χ3n) is 7.43. The minimum atomic E-state index is -1.55. The van der Waals surface area contributed by atoms with Crippen molar-refractivity contribution in [2.24, 2.45) is 0 Å². The molecular formula is C32H33N3O8. The van der Waals surface area contributed by atoms with Crippen molar-refractivity contribution < 1.29 is 38.9 Å². The third-order valence-corrected chi connectivity index (χ3v) is 7.43. The summed E-state index contributed by atoms with van der Waals surface area (Å²) in [5, 5.41) is 23.5. The van der Waals surface area contributed by atoms with Gasteiger partial charge < -0.3 is 30.5 Å². The van der Waals surface area contributed by atoms with Crippen molar-refractivity contribution in [1.29, 1.82) is 0 Å². The minimum absolute atomic E-state index is 0.0198. The van der Waals surface area contributed by atoms with E-state index in [1.807, 2.05) is 48.5 Å². The van der Waals surface area contributed by atoms with Crippen molar-refractivity contribution in [1.82, 2.24) is 15.5 Å². The Morgan fingerprint density at radius 3 is 1.95 bits per heavy atom. The van der Waals surface area contributed by atoms with Crippen molar-refractivity contribution in [3.8, 4) is 11.1 Å². The Bertz CT molecular complexity index is 1460. The fraction of sp³-hybridized carbons (Fsp3) is 0.281. The number of alkyl carbamates (subject to hydrolysis) is 1. The van der Waals surface area contributed by atoms with Crippen LogP contribution in [0.3, 0.4) is 0 Å². The van der Waals surface area contributed by atoms with E-state index in [0.29, 0.717) is 5.56 Å². The molecule has 224 valence electrons. The van der Waals surface area contributed by atoms with Gasteiger partial charge >= 0.3 is 18.0 Å². The summed E-state index contributed by atoms with van der Waals surface area (Å²) in [5.74, 6) is -4.46. The van der Waals surface area contributed by atoms with E-state index in [2.05, 4.69) is 10.6 Å². The maximum atomic E-state index is 13.6. The topological polar surface area (TPSA) is 162 Å². The van der Waals surface area contributed by atoms with E-state index in [4.69, 9.17) is 4.74 Å². The van der Waals surface area contributed by atoms with Crippen LogP contribution in [0.4, 0.5) is 4.79 Å². The van der Waals surface area contributed by atoms with E-state index >= 15 is 0 Å². The van der Waals surface area contributed by atoms with Crippen LogP contribution >= 0.6 is 0 Å². The normalized spacial score (nSPS) is 13.9. The van der Waals surface area contributed by atoms with Crippen LogP contribution in [0.1, 0.15) is 36.0 Å². The number of carbonyl (C=O) groups excluding carboxylic acids is 3. The summed E-state index contributed by atoms with van der Waals surface area (Å²) in [6.45, 7) is 1.24. The number of likely N-dealkylation sites (N-methyl/N-ethyl adjacent to an activating group) is 1. The summed E-state index contributed by atoms with van der Waals surface area (Å²) in [6.07, 6.45) is -1.73. The van der Waals surface area contributed by atoms with E-state index in [-0.39, 0.29) is 18.9 Å². The highest BCUT2D eigenvalue weighted by atomic mass is 16.5. The number of amides is 3. The summed E-state index contributed by atoms with van der Waals surface area (Å²) in [7, 11) is 1.30. The second-order valence-corrected chi connectivity index (χ2v) is 10.3. The van der Waals surface area contributed by atoms with Gasteiger partial charge in [0.05, 0.1) is 6.42 Å². The largest absolute Gasteiger partial charge is 0.481 e. The number of hydrogen-bond acceptors (Lipinski definition) is 6. The van der Waals surface area contributed by atoms with Gasteiger partial charge in [0, 0.05) is 19.4 Å². The molecule has 0 unspecified atom stereocenters. The van der Waals surface area contributed by atoms with Gasteiger partial charge in [-0.25, -0.2) is 4.79 Å². The Morgan fingerprint density at radius 1 is 0.837 bits per heavy atom. The van der Waals surface area contributed by atoms with Crippen LogP contribution in [-0.4, -0.2) is 76.7 Å². The second kappa shape index (κ2) is 13.6. The molecule has 11 nitrogen and oxygen atoms in total. The lowest BCUT2D eigenvalue weighted by Gasteiger charge is -2.31. The summed E-state index contributed by atoms with van der Waals surface area (Å²) in [6, 6.07) is 20.3. The zero-order chi connectivity index (χ0) is 31.1. The van der Waals surface area contributed by atoms with Crippen molar-refractivity contribution >= 4 is 29.8 Å². The lowest BCUT2D eigenvalue weighted by Crippen LogP contribution is -2.57. The van der Waals surface area contributed by atoms with Crippen molar-refractivity contribution in [2.45, 2.75) is 43.8 Å². The molecule has 3 amide bonds. The van der Waals surface area contributed by atoms with Gasteiger partial charge in [0.2, 0.25) is 11.8 Å². The zero-order valence-corrected chi connectivity index (χ0v) is 23.7. The van der Waals surface area contributed by atoms with Crippen LogP contribution in [0.15, 0.2) is 78.9 Å². The van der Waals surface area contributed by atoms with Gasteiger partial charge in [0.1, 0.15) is 24.7 Å². The molecular weight excluding hydrogens is 554 g/mol. The van der Waals surface area contributed by atoms with E-state index in [1.165, 1.54) is 14.0 Å². The second-order valence-electron chi connectivity index (χ2n) is 10.3. The summed E-state index contributed by atoms with van der Waals surface area (Å²) >= 11 is 0. The van der Waals surface area contributed by atoms with Crippen LogP contribution in [0.2, 0.25) is 0 Å². The number of aliphatic carboxylic acids is 2. The average Bonchev–Trinajstić information content (AvgIpc) is 3.31. The number of benzene rings is 3. The molecule has 0 aliphatic heterocycles. The van der Waals surface area contributed by atoms with Crippen molar-refractivity contribution in [2.75, 3.05) is 13.7 Å². The molecule has 0 saturated carbocycles. The molecule has 0 radical (unpaired) electrons. The van der Waals surface area contributed by atoms with Crippen LogP contribution in [0.5, 0.6) is 0 Å². The predicted octanol–water partition coefficient (Wildman–Crippen LogP) is 3.03. The first-order valence-corrected chi connectivity index (χ1v) is 13.7. The molecule has 43 heavy (non-hydrogen) atoms. The molecule has 4 N–H and O–H groups in total. The number of nitrogens with zero attached hydrogens (tertiary/aromatic N) is 1. The minimum Gasteiger partial charge on any atom is -0.481 e. The molecule has 4 rings (SSSR count). The number of ether oxygens (including phenoxy) is 1. The monoisotopic (exact) mass is 587 g/mol. The molecule has 1 aliphatic carbocycles. The fourth-order valence-corrected chi connectivity index (χ4v) is 5.17. The van der Waals surface area contributed by atoms with E-state index < -0.39 is 54.4 Å². The molecule has 0 bridgehead atoms. The Balaban J connectivity index is 1.49. The van der Waals surface area contributed by atoms with Gasteiger partial charge in [0.25, 0.3) is 0 Å². The molecule has 0 spiro atoms. The highest BCUT2D eigenvalue weighted by molar-refractivity contribution is 5.94. The quantitative estimate of drug-likeness (QED) is 0.251. The molecule has 0 saturated heterocycles. The number of carboxylic acids is 2. The standard InChI is InChI=1S/C32H33N3O8/c1-19(31(40)41)33-29(38)27(16-20-10-4-3-5-11-20)35(2)30(39)26(17-28(36)37)34-32(42)43-18-25-23-14-8-6-12-21(23)22-13-7-9-15-24(22)25/h3-15,19,25-27H,16-18H2,1-2H3,(H,33,38)(H,34,42)(H,36,37)(H,40,41)/t19-,26-,27-/m0/s1.